The average Bonchev–Trinajstić information content (AvgIpc) is 3.08. The molecule has 4 rings (SSSR count). The van der Waals surface area contributed by atoms with E-state index in [0.717, 1.165) is 5.69 Å². The minimum Gasteiger partial charge on any atom is -1.00 e. The largest absolute Gasteiger partial charge is 3.00 e. The predicted molar refractivity (Wildman–Crippen MR) is 116 cm³/mol. The Morgan fingerprint density at radius 3 is 2.03 bits per heavy atom. The Bertz CT molecular complexity index is 1010. The molecule has 2 atom stereocenters. The minimum atomic E-state index is 0. The summed E-state index contributed by atoms with van der Waals surface area (Å²) in [6.45, 7) is 8.68. The average molecular weight is 471 g/mol. The first-order chi connectivity index (χ1) is 13.0. The third-order valence-electron chi connectivity index (χ3n) is 5.54. The van der Waals surface area contributed by atoms with Crippen molar-refractivity contribution >= 4 is 11.8 Å². The van der Waals surface area contributed by atoms with E-state index in [-0.39, 0.29) is 52.6 Å². The molecule has 3 aromatic carbocycles. The molecule has 0 saturated heterocycles. The molecule has 1 aliphatic rings. The zero-order chi connectivity index (χ0) is 19.0. The molecule has 1 aliphatic carbocycles. The number of hydrogen-bond acceptors (Lipinski definition) is 0. The second kappa shape index (κ2) is 11.2. The van der Waals surface area contributed by atoms with E-state index in [1.165, 1.54) is 38.9 Å². The fraction of sp³-hybridized carbons (Fsp3) is 0.231. The zero-order valence-electron chi connectivity index (χ0n) is 17.8. The first kappa shape index (κ1) is 26.5. The predicted octanol–water partition coefficient (Wildman–Crippen LogP) is 1.54. The van der Waals surface area contributed by atoms with E-state index in [9.17, 15) is 0 Å². The number of hydrogen-bond donors (Lipinski definition) is 0. The van der Waals surface area contributed by atoms with Crippen molar-refractivity contribution in [3.8, 4) is 0 Å². The Balaban J connectivity index is 0.00000150. The number of allylic oxidation sites excluding steroid dienone is 1. The van der Waals surface area contributed by atoms with Crippen LogP contribution in [0.1, 0.15) is 57.8 Å². The summed E-state index contributed by atoms with van der Waals surface area (Å²) in [5.74, 6) is 0.315. The van der Waals surface area contributed by atoms with Crippen LogP contribution in [0.3, 0.4) is 0 Å². The van der Waals surface area contributed by atoms with E-state index < -0.39 is 0 Å². The number of halogens is 2. The monoisotopic (exact) mass is 470 g/mol. The van der Waals surface area contributed by atoms with Crippen molar-refractivity contribution < 1.29 is 46.5 Å². The maximum Gasteiger partial charge on any atom is 3.00 e. The van der Waals surface area contributed by atoms with Gasteiger partial charge in [-0.3, -0.25) is 0 Å². The molecular weight excluding hydrogens is 445 g/mol. The van der Waals surface area contributed by atoms with Crippen molar-refractivity contribution in [2.45, 2.75) is 39.7 Å². The summed E-state index contributed by atoms with van der Waals surface area (Å²) in [7, 11) is 0. The van der Waals surface area contributed by atoms with Crippen LogP contribution >= 0.6 is 0 Å². The van der Waals surface area contributed by atoms with Crippen LogP contribution in [-0.2, 0) is 21.7 Å². The molecule has 2 unspecified atom stereocenters. The van der Waals surface area contributed by atoms with Crippen molar-refractivity contribution in [1.82, 2.24) is 0 Å². The van der Waals surface area contributed by atoms with Gasteiger partial charge >= 0.3 is 21.7 Å². The Morgan fingerprint density at radius 2 is 1.37 bits per heavy atom. The molecule has 0 N–H and O–H groups in total. The molecule has 0 aliphatic heterocycles. The smallest absolute Gasteiger partial charge is 1.00 e. The number of aryl methyl sites for hydroxylation is 3. The Labute approximate surface area is 208 Å². The van der Waals surface area contributed by atoms with E-state index in [0.29, 0.717) is 5.92 Å². The second-order valence-electron chi connectivity index (χ2n) is 7.65. The van der Waals surface area contributed by atoms with Crippen LogP contribution in [0.4, 0.5) is 5.69 Å². The Kier molecular flexibility index (Phi) is 9.91. The molecule has 0 spiro atoms. The molecule has 4 heteroatoms. The normalized spacial score (nSPS) is 14.6. The van der Waals surface area contributed by atoms with Gasteiger partial charge in [-0.05, 0) is 37.5 Å². The Hall–Kier alpha value is -1.51. The van der Waals surface area contributed by atoms with Crippen LogP contribution in [0.2, 0.25) is 0 Å². The maximum atomic E-state index is 5.13. The molecule has 30 heavy (non-hydrogen) atoms. The number of nitrogens with zero attached hydrogens (tertiary/aromatic N) is 1. The van der Waals surface area contributed by atoms with Gasteiger partial charge in [0.05, 0.1) is 0 Å². The number of fused-ring (bicyclic) bond motifs is 1. The van der Waals surface area contributed by atoms with Crippen LogP contribution in [0.25, 0.3) is 11.4 Å². The molecule has 0 aromatic heterocycles. The number of benzene rings is 3. The molecule has 0 bridgehead atoms. The van der Waals surface area contributed by atoms with Crippen LogP contribution in [0, 0.1) is 20.8 Å². The number of rotatable bonds is 4. The molecule has 0 fully saturated rings. The summed E-state index contributed by atoms with van der Waals surface area (Å²) in [4.78, 5) is 0. The quantitative estimate of drug-likeness (QED) is 0.513. The van der Waals surface area contributed by atoms with E-state index in [2.05, 4.69) is 101 Å². The van der Waals surface area contributed by atoms with Crippen LogP contribution in [0.15, 0.2) is 66.7 Å². The molecule has 0 heterocycles. The summed E-state index contributed by atoms with van der Waals surface area (Å²) in [6.07, 6.45) is 4.56. The minimum absolute atomic E-state index is 0. The van der Waals surface area contributed by atoms with Gasteiger partial charge in [-0.2, -0.15) is 0 Å². The standard InChI is InChI=1S/C26H26N.2ClH.Ti/c1-17-15-18(2)26(19(3)16-17)27-20(4)22-10-7-8-12-24(22)25-14-13-21-9-5-6-11-23(21)25;;;/h5-16,20,25H,1-4H3;2*1H;/q-1;;;+3/p-2. The van der Waals surface area contributed by atoms with E-state index >= 15 is 0 Å². The molecule has 1 nitrogen and oxygen atoms in total. The van der Waals surface area contributed by atoms with Gasteiger partial charge < -0.3 is 30.1 Å². The molecule has 0 amide bonds. The first-order valence-electron chi connectivity index (χ1n) is 9.69. The summed E-state index contributed by atoms with van der Waals surface area (Å²) < 4.78 is 0. The van der Waals surface area contributed by atoms with Crippen molar-refractivity contribution in [2.24, 2.45) is 0 Å². The summed E-state index contributed by atoms with van der Waals surface area (Å²) in [5, 5.41) is 5.13. The van der Waals surface area contributed by atoms with Crippen LogP contribution in [0.5, 0.6) is 0 Å². The summed E-state index contributed by atoms with van der Waals surface area (Å²) >= 11 is 0. The van der Waals surface area contributed by atoms with Gasteiger partial charge in [0, 0.05) is 5.92 Å². The molecule has 3 aromatic rings. The third kappa shape index (κ3) is 5.21. The SMILES string of the molecule is Cc1cc(C)c([N-]C(C)c2ccccc2C2C=Cc3ccccc32)c(C)c1.[Cl-].[Cl-].[Ti+3]. The molecule has 0 saturated carbocycles. The van der Waals surface area contributed by atoms with Gasteiger partial charge in [-0.25, -0.2) is 0 Å². The zero-order valence-corrected chi connectivity index (χ0v) is 20.9. The fourth-order valence-electron chi connectivity index (χ4n) is 4.33. The van der Waals surface area contributed by atoms with E-state index in [1.54, 1.807) is 0 Å². The van der Waals surface area contributed by atoms with Crippen LogP contribution in [-0.4, -0.2) is 0 Å². The Morgan fingerprint density at radius 1 is 0.800 bits per heavy atom. The van der Waals surface area contributed by atoms with Crippen molar-refractivity contribution in [1.29, 1.82) is 0 Å². The molecule has 1 radical (unpaired) electrons. The van der Waals surface area contributed by atoms with Crippen LogP contribution < -0.4 is 24.8 Å². The first-order valence-corrected chi connectivity index (χ1v) is 9.69. The van der Waals surface area contributed by atoms with Crippen molar-refractivity contribution in [3.63, 3.8) is 0 Å². The van der Waals surface area contributed by atoms with Gasteiger partial charge in [0.25, 0.3) is 0 Å². The van der Waals surface area contributed by atoms with Gasteiger partial charge in [-0.15, -0.1) is 5.69 Å². The van der Waals surface area contributed by atoms with Gasteiger partial charge in [0.2, 0.25) is 0 Å². The summed E-state index contributed by atoms with van der Waals surface area (Å²) in [5.41, 5.74) is 10.3. The van der Waals surface area contributed by atoms with Gasteiger partial charge in [0.15, 0.2) is 0 Å². The topological polar surface area (TPSA) is 14.1 Å². The summed E-state index contributed by atoms with van der Waals surface area (Å²) in [6, 6.07) is 22.0. The molecule has 153 valence electrons. The molecular formula is C26H26Cl2NTi. The maximum absolute atomic E-state index is 5.13. The van der Waals surface area contributed by atoms with E-state index in [4.69, 9.17) is 5.32 Å². The van der Waals surface area contributed by atoms with Gasteiger partial charge in [-0.1, -0.05) is 108 Å². The van der Waals surface area contributed by atoms with E-state index in [1.807, 2.05) is 0 Å². The fourth-order valence-corrected chi connectivity index (χ4v) is 4.33. The van der Waals surface area contributed by atoms with Gasteiger partial charge in [0.1, 0.15) is 0 Å². The third-order valence-corrected chi connectivity index (χ3v) is 5.54. The van der Waals surface area contributed by atoms with Crippen molar-refractivity contribution in [3.05, 3.63) is 111 Å². The van der Waals surface area contributed by atoms with Crippen molar-refractivity contribution in [2.75, 3.05) is 0 Å². The second-order valence-corrected chi connectivity index (χ2v) is 7.65.